The van der Waals surface area contributed by atoms with E-state index in [2.05, 4.69) is 11.8 Å². The summed E-state index contributed by atoms with van der Waals surface area (Å²) in [5.74, 6) is 0. The molecule has 0 saturated heterocycles. The molecule has 0 aromatic heterocycles. The van der Waals surface area contributed by atoms with Crippen LogP contribution in [0, 0.1) is 0 Å². The molecule has 0 unspecified atom stereocenters. The van der Waals surface area contributed by atoms with Gasteiger partial charge in [-0.1, -0.05) is 4.58 Å². The Morgan fingerprint density at radius 2 is 2.00 bits per heavy atom. The Morgan fingerprint density at radius 1 is 1.80 bits per heavy atom. The van der Waals surface area contributed by atoms with Gasteiger partial charge in [0.15, 0.2) is 0 Å². The van der Waals surface area contributed by atoms with E-state index in [1.165, 1.54) is 0 Å². The van der Waals surface area contributed by atoms with E-state index < -0.39 is 6.73 Å². The van der Waals surface area contributed by atoms with Crippen molar-refractivity contribution in [3.63, 3.8) is 0 Å². The van der Waals surface area contributed by atoms with Crippen molar-refractivity contribution < 1.29 is 10.3 Å². The smallest absolute Gasteiger partial charge is 0.135 e. The molecule has 0 atom stereocenters. The third-order valence-electron chi connectivity index (χ3n) is 0.117. The van der Waals surface area contributed by atoms with Gasteiger partial charge >= 0.3 is 0 Å². The van der Waals surface area contributed by atoms with E-state index in [1.54, 1.807) is 0 Å². The summed E-state index contributed by atoms with van der Waals surface area (Å²) in [5.41, 5.74) is 0. The maximum atomic E-state index is 7.71. The van der Waals surface area contributed by atoms with E-state index in [1.807, 2.05) is 0 Å². The Hall–Kier alpha value is 0.170. The molecule has 0 aliphatic heterocycles. The predicted octanol–water partition coefficient (Wildman–Crippen LogP) is -0.219. The third-order valence-corrected chi connectivity index (χ3v) is 0.224. The minimum absolute atomic E-state index is 0.153. The molecule has 0 fully saturated rings. The van der Waals surface area contributed by atoms with Crippen molar-refractivity contribution in [2.45, 2.75) is 0 Å². The Balaban J connectivity index is 2.54. The maximum absolute atomic E-state index is 7.71. The lowest BCUT2D eigenvalue weighted by Crippen LogP contribution is -2.04. The molecule has 0 saturated carbocycles. The summed E-state index contributed by atoms with van der Waals surface area (Å²) in [5, 5.41) is 15.4. The molecule has 2 N–H and O–H groups in total. The molecule has 0 amide bonds. The molecule has 0 rings (SSSR count). The van der Waals surface area contributed by atoms with Gasteiger partial charge in [-0.15, -0.1) is 0 Å². The Morgan fingerprint density at radius 3 is 2.00 bits per heavy atom. The topological polar surface area (TPSA) is 43.7 Å². The van der Waals surface area contributed by atoms with Crippen molar-refractivity contribution >= 4 is 11.8 Å². The summed E-state index contributed by atoms with van der Waals surface area (Å²) in [6.07, 6.45) is 0. The minimum Gasteiger partial charge on any atom is -0.377 e. The van der Waals surface area contributed by atoms with Crippen molar-refractivity contribution in [1.82, 2.24) is 4.58 Å². The van der Waals surface area contributed by atoms with Crippen molar-refractivity contribution in [2.75, 3.05) is 6.73 Å². The van der Waals surface area contributed by atoms with Crippen LogP contribution in [-0.2, 0) is 0 Å². The van der Waals surface area contributed by atoms with Gasteiger partial charge in [0.25, 0.3) is 0 Å². The van der Waals surface area contributed by atoms with Crippen LogP contribution >= 0.6 is 11.8 Å². The molecule has 4 heteroatoms. The molecule has 3 nitrogen and oxygen atoms in total. The van der Waals surface area contributed by atoms with Gasteiger partial charge in [-0.3, -0.25) is 5.21 Å². The number of halogens is 1. The normalized spacial score (nSPS) is 9.60. The summed E-state index contributed by atoms with van der Waals surface area (Å²) < 4.78 is 0.153. The first-order chi connectivity index (χ1) is 2.27. The summed E-state index contributed by atoms with van der Waals surface area (Å²) in [7, 11) is 0. The fourth-order valence-electron chi connectivity index (χ4n) is 0. The van der Waals surface area contributed by atoms with Gasteiger partial charge < -0.3 is 5.11 Å². The quantitative estimate of drug-likeness (QED) is 0.270. The van der Waals surface area contributed by atoms with Crippen LogP contribution in [0.4, 0.5) is 0 Å². The molecular formula is CH4ClNO2. The van der Waals surface area contributed by atoms with E-state index >= 15 is 0 Å². The van der Waals surface area contributed by atoms with Gasteiger partial charge in [0, 0.05) is 11.8 Å². The first kappa shape index (κ1) is 5.17. The van der Waals surface area contributed by atoms with Crippen molar-refractivity contribution in [3.05, 3.63) is 0 Å². The Labute approximate surface area is 34.5 Å². The molecule has 0 radical (unpaired) electrons. The van der Waals surface area contributed by atoms with Gasteiger partial charge in [-0.25, -0.2) is 0 Å². The monoisotopic (exact) mass is 97.0 g/mol. The number of rotatable bonds is 1. The molecule has 0 aromatic carbocycles. The second kappa shape index (κ2) is 2.41. The average molecular weight is 97.5 g/mol. The summed E-state index contributed by atoms with van der Waals surface area (Å²) in [4.78, 5) is 0. The number of hydrogen-bond donors (Lipinski definition) is 2. The molecule has 32 valence electrons. The lowest BCUT2D eigenvalue weighted by molar-refractivity contribution is -0.0583. The molecule has 0 bridgehead atoms. The van der Waals surface area contributed by atoms with Crippen LogP contribution in [0.3, 0.4) is 0 Å². The molecule has 0 aliphatic rings. The number of aliphatic hydroxyl groups excluding tert-OH is 1. The number of aliphatic hydroxyl groups is 1. The van der Waals surface area contributed by atoms with Crippen LogP contribution in [0.25, 0.3) is 0 Å². The third kappa shape index (κ3) is 4.17. The standard InChI is InChI=1S/CH4ClNO2/c2-3(5)1-4/h4-5H,1H2. The molecular weight excluding hydrogens is 93.5 g/mol. The number of hydrogen-bond acceptors (Lipinski definition) is 3. The maximum Gasteiger partial charge on any atom is 0.135 e. The van der Waals surface area contributed by atoms with Crippen molar-refractivity contribution in [1.29, 1.82) is 0 Å². The van der Waals surface area contributed by atoms with E-state index in [4.69, 9.17) is 10.3 Å². The van der Waals surface area contributed by atoms with Crippen LogP contribution in [0.5, 0.6) is 0 Å². The zero-order valence-corrected chi connectivity index (χ0v) is 3.18. The van der Waals surface area contributed by atoms with E-state index in [-0.39, 0.29) is 4.58 Å². The number of hydroxylamine groups is 1. The fourth-order valence-corrected chi connectivity index (χ4v) is 0. The first-order valence-corrected chi connectivity index (χ1v) is 1.34. The minimum atomic E-state index is -0.540. The molecule has 0 heterocycles. The van der Waals surface area contributed by atoms with Gasteiger partial charge in [0.1, 0.15) is 6.73 Å². The van der Waals surface area contributed by atoms with Crippen LogP contribution in [0.1, 0.15) is 0 Å². The lowest BCUT2D eigenvalue weighted by Gasteiger charge is -1.92. The van der Waals surface area contributed by atoms with Gasteiger partial charge in [-0.05, 0) is 0 Å². The van der Waals surface area contributed by atoms with Gasteiger partial charge in [0.2, 0.25) is 0 Å². The SMILES string of the molecule is OCN(O)Cl. The largest absolute Gasteiger partial charge is 0.377 e. The molecule has 5 heavy (non-hydrogen) atoms. The molecule has 0 aliphatic carbocycles. The zero-order valence-electron chi connectivity index (χ0n) is 2.43. The summed E-state index contributed by atoms with van der Waals surface area (Å²) in [6, 6.07) is 0. The second-order valence-corrected chi connectivity index (χ2v) is 0.868. The van der Waals surface area contributed by atoms with E-state index in [0.717, 1.165) is 0 Å². The highest BCUT2D eigenvalue weighted by molar-refractivity contribution is 6.12. The van der Waals surface area contributed by atoms with E-state index in [0.29, 0.717) is 0 Å². The predicted molar refractivity (Wildman–Crippen MR) is 16.6 cm³/mol. The van der Waals surface area contributed by atoms with Crippen molar-refractivity contribution in [3.8, 4) is 0 Å². The van der Waals surface area contributed by atoms with Crippen LogP contribution < -0.4 is 0 Å². The van der Waals surface area contributed by atoms with Crippen LogP contribution in [0.15, 0.2) is 0 Å². The highest BCUT2D eigenvalue weighted by atomic mass is 35.5. The summed E-state index contributed by atoms with van der Waals surface area (Å²) in [6.45, 7) is -0.540. The number of nitrogens with zero attached hydrogens (tertiary/aromatic N) is 1. The Bertz CT molecular complexity index is 23.6. The second-order valence-electron chi connectivity index (χ2n) is 0.478. The highest BCUT2D eigenvalue weighted by Crippen LogP contribution is 1.77. The van der Waals surface area contributed by atoms with Crippen LogP contribution in [0.2, 0.25) is 0 Å². The Kier molecular flexibility index (Phi) is 2.49. The van der Waals surface area contributed by atoms with Gasteiger partial charge in [-0.2, -0.15) is 0 Å². The first-order valence-electron chi connectivity index (χ1n) is 1.00. The highest BCUT2D eigenvalue weighted by Gasteiger charge is 1.80. The molecule has 0 spiro atoms. The van der Waals surface area contributed by atoms with Crippen molar-refractivity contribution in [2.24, 2.45) is 0 Å². The zero-order chi connectivity index (χ0) is 4.28. The fraction of sp³-hybridized carbons (Fsp3) is 1.00. The van der Waals surface area contributed by atoms with Crippen LogP contribution in [-0.4, -0.2) is 21.6 Å². The summed E-state index contributed by atoms with van der Waals surface area (Å²) >= 11 is 4.60. The molecule has 0 aromatic rings. The lowest BCUT2D eigenvalue weighted by atomic mass is 11.4. The average Bonchev–Trinajstić information content (AvgIpc) is 1.38. The van der Waals surface area contributed by atoms with E-state index in [9.17, 15) is 0 Å². The van der Waals surface area contributed by atoms with Gasteiger partial charge in [0.05, 0.1) is 0 Å².